The van der Waals surface area contributed by atoms with Gasteiger partial charge in [0.2, 0.25) is 29.5 Å². The topological polar surface area (TPSA) is 151 Å². The van der Waals surface area contributed by atoms with Gasteiger partial charge < -0.3 is 24.2 Å². The standard InChI is InChI=1S/C43H74N4O9S/c1-14-28(6)40(34(55-11)24-37(51)46-22-18-19-32(46)41(56-12)29(7)30(8)48)45(10)42(53)31(26(2)3)23-33(49)39(27(4)5)44(9)36(50)20-16-15-17-21-47-38(52)25-35(57-13)43(47)54/h26-29,31-32,34-35,39-41H,14-25H2,1-13H3/t28-,29-,31-,32-,34+,35?,39-,40-,41+/m0/s1. The number of carbonyl (C=O) groups excluding carboxylic acids is 7. The molecule has 2 aliphatic heterocycles. The van der Waals surface area contributed by atoms with Crippen molar-refractivity contribution in [1.29, 1.82) is 0 Å². The molecule has 0 aromatic rings. The molecule has 0 saturated carbocycles. The molecule has 326 valence electrons. The number of nitrogens with zero attached hydrogens (tertiary/aromatic N) is 4. The highest BCUT2D eigenvalue weighted by molar-refractivity contribution is 8.00. The summed E-state index contributed by atoms with van der Waals surface area (Å²) in [4.78, 5) is 99.2. The van der Waals surface area contributed by atoms with Crippen LogP contribution in [0.15, 0.2) is 0 Å². The second kappa shape index (κ2) is 23.7. The first-order chi connectivity index (χ1) is 26.8. The molecule has 0 aromatic heterocycles. The molecule has 2 aliphatic rings. The fourth-order valence-corrected chi connectivity index (χ4v) is 9.39. The van der Waals surface area contributed by atoms with Crippen molar-refractivity contribution in [2.24, 2.45) is 29.6 Å². The van der Waals surface area contributed by atoms with E-state index in [2.05, 4.69) is 0 Å². The minimum absolute atomic E-state index is 0.00752. The Kier molecular flexibility index (Phi) is 20.9. The number of amides is 5. The van der Waals surface area contributed by atoms with Crippen molar-refractivity contribution in [3.63, 3.8) is 0 Å². The zero-order chi connectivity index (χ0) is 43.3. The van der Waals surface area contributed by atoms with Crippen LogP contribution < -0.4 is 0 Å². The zero-order valence-electron chi connectivity index (χ0n) is 37.2. The summed E-state index contributed by atoms with van der Waals surface area (Å²) < 4.78 is 11.8. The van der Waals surface area contributed by atoms with Crippen LogP contribution in [0.1, 0.15) is 120 Å². The van der Waals surface area contributed by atoms with Crippen molar-refractivity contribution in [1.82, 2.24) is 19.6 Å². The van der Waals surface area contributed by atoms with E-state index in [-0.39, 0.29) is 102 Å². The third kappa shape index (κ3) is 13.1. The maximum Gasteiger partial charge on any atom is 0.242 e. The van der Waals surface area contributed by atoms with E-state index in [1.807, 2.05) is 59.6 Å². The molecule has 1 unspecified atom stereocenters. The monoisotopic (exact) mass is 823 g/mol. The van der Waals surface area contributed by atoms with Gasteiger partial charge in [-0.1, -0.05) is 61.3 Å². The number of hydrogen-bond acceptors (Lipinski definition) is 10. The van der Waals surface area contributed by atoms with E-state index in [9.17, 15) is 33.6 Å². The van der Waals surface area contributed by atoms with Gasteiger partial charge in [-0.3, -0.25) is 38.5 Å². The Balaban J connectivity index is 2.16. The normalized spacial score (nSPS) is 21.0. The van der Waals surface area contributed by atoms with Gasteiger partial charge in [-0.05, 0) is 56.6 Å². The van der Waals surface area contributed by atoms with E-state index < -0.39 is 30.2 Å². The number of thioether (sulfide) groups is 1. The van der Waals surface area contributed by atoms with Crippen molar-refractivity contribution >= 4 is 52.9 Å². The molecule has 2 heterocycles. The predicted molar refractivity (Wildman–Crippen MR) is 223 cm³/mol. The Morgan fingerprint density at radius 1 is 0.895 bits per heavy atom. The molecule has 2 saturated heterocycles. The van der Waals surface area contributed by atoms with E-state index in [1.54, 1.807) is 40.1 Å². The number of likely N-dealkylation sites (tertiary alicyclic amines) is 2. The highest BCUT2D eigenvalue weighted by Gasteiger charge is 2.43. The van der Waals surface area contributed by atoms with E-state index in [0.717, 1.165) is 19.3 Å². The summed E-state index contributed by atoms with van der Waals surface area (Å²) in [5.74, 6) is -2.37. The lowest BCUT2D eigenvalue weighted by atomic mass is 9.83. The van der Waals surface area contributed by atoms with Crippen molar-refractivity contribution in [2.45, 2.75) is 155 Å². The Morgan fingerprint density at radius 2 is 1.54 bits per heavy atom. The van der Waals surface area contributed by atoms with Gasteiger partial charge in [0.25, 0.3) is 0 Å². The van der Waals surface area contributed by atoms with Crippen LogP contribution in [-0.2, 0) is 43.0 Å². The van der Waals surface area contributed by atoms with Gasteiger partial charge in [0, 0.05) is 72.5 Å². The predicted octanol–water partition coefficient (Wildman–Crippen LogP) is 5.26. The Hall–Kier alpha value is -2.84. The van der Waals surface area contributed by atoms with Crippen molar-refractivity contribution < 1.29 is 43.0 Å². The van der Waals surface area contributed by atoms with Crippen LogP contribution >= 0.6 is 11.8 Å². The fourth-order valence-electron chi connectivity index (χ4n) is 8.76. The largest absolute Gasteiger partial charge is 0.379 e. The maximum absolute atomic E-state index is 14.5. The molecule has 14 heteroatoms. The maximum atomic E-state index is 14.5. The van der Waals surface area contributed by atoms with E-state index in [0.29, 0.717) is 32.4 Å². The third-order valence-electron chi connectivity index (χ3n) is 12.6. The molecule has 9 atom stereocenters. The molecule has 0 radical (unpaired) electrons. The van der Waals surface area contributed by atoms with Crippen LogP contribution in [0.25, 0.3) is 0 Å². The number of carbonyl (C=O) groups is 7. The van der Waals surface area contributed by atoms with Gasteiger partial charge in [-0.15, -0.1) is 0 Å². The minimum atomic E-state index is -0.718. The average molecular weight is 823 g/mol. The van der Waals surface area contributed by atoms with Crippen LogP contribution in [0.3, 0.4) is 0 Å². The van der Waals surface area contributed by atoms with Gasteiger partial charge in [0.1, 0.15) is 5.78 Å². The summed E-state index contributed by atoms with van der Waals surface area (Å²) in [6.45, 7) is 16.0. The summed E-state index contributed by atoms with van der Waals surface area (Å²) in [5, 5.41) is -0.309. The molecule has 0 bridgehead atoms. The number of hydrogen-bond donors (Lipinski definition) is 0. The molecule has 2 rings (SSSR count). The van der Waals surface area contributed by atoms with E-state index >= 15 is 0 Å². The highest BCUT2D eigenvalue weighted by atomic mass is 32.2. The van der Waals surface area contributed by atoms with Gasteiger partial charge in [0.15, 0.2) is 5.78 Å². The summed E-state index contributed by atoms with van der Waals surface area (Å²) in [5.41, 5.74) is 0. The Morgan fingerprint density at radius 3 is 2.05 bits per heavy atom. The third-order valence-corrected chi connectivity index (χ3v) is 13.5. The first-order valence-electron chi connectivity index (χ1n) is 21.1. The van der Waals surface area contributed by atoms with E-state index in [1.165, 1.54) is 21.6 Å². The number of likely N-dealkylation sites (N-methyl/N-ethyl adjacent to an activating group) is 2. The second-order valence-electron chi connectivity index (χ2n) is 17.0. The number of ether oxygens (including phenoxy) is 2. The number of imide groups is 1. The molecule has 13 nitrogen and oxygen atoms in total. The Bertz CT molecular complexity index is 1390. The van der Waals surface area contributed by atoms with Crippen LogP contribution in [0, 0.1) is 29.6 Å². The smallest absolute Gasteiger partial charge is 0.242 e. The highest BCUT2D eigenvalue weighted by Crippen LogP contribution is 2.31. The van der Waals surface area contributed by atoms with Crippen LogP contribution in [-0.4, -0.2) is 144 Å². The van der Waals surface area contributed by atoms with Gasteiger partial charge in [-0.2, -0.15) is 11.8 Å². The quantitative estimate of drug-likeness (QED) is 0.0882. The summed E-state index contributed by atoms with van der Waals surface area (Å²) in [6, 6.07) is -1.41. The number of rotatable bonds is 25. The van der Waals surface area contributed by atoms with Crippen LogP contribution in [0.2, 0.25) is 0 Å². The number of methoxy groups -OCH3 is 2. The molecule has 0 N–H and O–H groups in total. The summed E-state index contributed by atoms with van der Waals surface area (Å²) >= 11 is 1.39. The van der Waals surface area contributed by atoms with Crippen molar-refractivity contribution in [3.05, 3.63) is 0 Å². The molecule has 5 amide bonds. The molecule has 57 heavy (non-hydrogen) atoms. The second-order valence-corrected chi connectivity index (χ2v) is 18.1. The number of ketones is 2. The summed E-state index contributed by atoms with van der Waals surface area (Å²) in [7, 11) is 6.51. The lowest BCUT2D eigenvalue weighted by Crippen LogP contribution is -2.54. The Labute approximate surface area is 347 Å². The van der Waals surface area contributed by atoms with Gasteiger partial charge in [-0.25, -0.2) is 0 Å². The first-order valence-corrected chi connectivity index (χ1v) is 22.3. The lowest BCUT2D eigenvalue weighted by molar-refractivity contribution is -0.149. The summed E-state index contributed by atoms with van der Waals surface area (Å²) in [6.07, 6.45) is 5.36. The molecular weight excluding hydrogens is 749 g/mol. The van der Waals surface area contributed by atoms with Gasteiger partial charge >= 0.3 is 0 Å². The van der Waals surface area contributed by atoms with Crippen molar-refractivity contribution in [2.75, 3.05) is 47.7 Å². The van der Waals surface area contributed by atoms with Crippen molar-refractivity contribution in [3.8, 4) is 0 Å². The molecule has 0 aromatic carbocycles. The fraction of sp³-hybridized carbons (Fsp3) is 0.837. The average Bonchev–Trinajstić information content (AvgIpc) is 3.76. The zero-order valence-corrected chi connectivity index (χ0v) is 38.0. The number of unbranched alkanes of at least 4 members (excludes halogenated alkanes) is 2. The lowest BCUT2D eigenvalue weighted by Gasteiger charge is -2.41. The SMILES string of the molecule is CC[C@H](C)[C@@H]([C@@H](CC(=O)N1CCC[C@H]1[C@H](OC)[C@@H](C)C(C)=O)OC)N(C)C(=O)[C@@H](CC(=O)[C@H](C(C)C)N(C)C(=O)CCCCCN1C(=O)CC(SC)C1=O)C(C)C. The van der Waals surface area contributed by atoms with Crippen LogP contribution in [0.5, 0.6) is 0 Å². The minimum Gasteiger partial charge on any atom is -0.379 e. The van der Waals surface area contributed by atoms with Gasteiger partial charge in [0.05, 0.1) is 42.0 Å². The first kappa shape index (κ1) is 50.3. The number of Topliss-reactive ketones (excluding diaryl/α,β-unsaturated/α-hetero) is 2. The molecule has 0 spiro atoms. The molecule has 2 fully saturated rings. The van der Waals surface area contributed by atoms with E-state index in [4.69, 9.17) is 9.47 Å². The molecule has 0 aliphatic carbocycles. The van der Waals surface area contributed by atoms with Crippen LogP contribution in [0.4, 0.5) is 0 Å². The molecular formula is C43H74N4O9S.